The molecule has 2 nitrogen and oxygen atoms in total. The maximum atomic E-state index is 11.9. The van der Waals surface area contributed by atoms with Gasteiger partial charge in [-0.3, -0.25) is 4.79 Å². The summed E-state index contributed by atoms with van der Waals surface area (Å²) in [6, 6.07) is 6.23. The van der Waals surface area contributed by atoms with Crippen LogP contribution in [0.1, 0.15) is 47.7 Å². The van der Waals surface area contributed by atoms with Gasteiger partial charge in [-0.2, -0.15) is 0 Å². The number of carbonyl (C=O) groups excluding carboxylic acids is 1. The van der Waals surface area contributed by atoms with Crippen LogP contribution in [0.4, 0.5) is 0 Å². The number of fused-ring (bicyclic) bond motifs is 1. The van der Waals surface area contributed by atoms with Crippen molar-refractivity contribution in [3.8, 4) is 0 Å². The Morgan fingerprint density at radius 1 is 1.24 bits per heavy atom. The van der Waals surface area contributed by atoms with E-state index in [4.69, 9.17) is 0 Å². The highest BCUT2D eigenvalue weighted by Crippen LogP contribution is 2.22. The maximum absolute atomic E-state index is 11.9. The average molecular weight is 231 g/mol. The third-order valence-electron chi connectivity index (χ3n) is 3.38. The van der Waals surface area contributed by atoms with Gasteiger partial charge in [-0.05, 0) is 55.8 Å². The Bertz CT molecular complexity index is 398. The summed E-state index contributed by atoms with van der Waals surface area (Å²) >= 11 is 0. The largest absolute Gasteiger partial charge is 0.310 e. The summed E-state index contributed by atoms with van der Waals surface area (Å²) < 4.78 is 0. The number of benzene rings is 1. The maximum Gasteiger partial charge on any atom is 0.176 e. The number of ketones is 1. The van der Waals surface area contributed by atoms with E-state index in [0.717, 1.165) is 24.9 Å². The van der Waals surface area contributed by atoms with Crippen LogP contribution in [0.5, 0.6) is 0 Å². The lowest BCUT2D eigenvalue weighted by Gasteiger charge is -2.16. The highest BCUT2D eigenvalue weighted by molar-refractivity contribution is 5.97. The fourth-order valence-corrected chi connectivity index (χ4v) is 2.39. The lowest BCUT2D eigenvalue weighted by atomic mass is 9.90. The Balaban J connectivity index is 2.03. The molecule has 0 radical (unpaired) electrons. The van der Waals surface area contributed by atoms with Crippen LogP contribution in [0.3, 0.4) is 0 Å². The van der Waals surface area contributed by atoms with Gasteiger partial charge >= 0.3 is 0 Å². The minimum Gasteiger partial charge on any atom is -0.310 e. The standard InChI is InChI=1S/C15H21NO/c1-2-9-16-11-15(17)14-8-7-12-5-3-4-6-13(12)10-14/h7-8,10,16H,2-6,9,11H2,1H3. The zero-order valence-corrected chi connectivity index (χ0v) is 10.6. The molecular formula is C15H21NO. The minimum absolute atomic E-state index is 0.215. The summed E-state index contributed by atoms with van der Waals surface area (Å²) in [5, 5.41) is 3.16. The van der Waals surface area contributed by atoms with Crippen LogP contribution >= 0.6 is 0 Å². The quantitative estimate of drug-likeness (QED) is 0.623. The number of carbonyl (C=O) groups is 1. The van der Waals surface area contributed by atoms with E-state index in [9.17, 15) is 4.79 Å². The fourth-order valence-electron chi connectivity index (χ4n) is 2.39. The minimum atomic E-state index is 0.215. The lowest BCUT2D eigenvalue weighted by molar-refractivity contribution is 0.0991. The molecule has 0 fully saturated rings. The predicted molar refractivity (Wildman–Crippen MR) is 70.6 cm³/mol. The van der Waals surface area contributed by atoms with Crippen molar-refractivity contribution in [3.05, 3.63) is 34.9 Å². The molecule has 0 bridgehead atoms. The SMILES string of the molecule is CCCNCC(=O)c1ccc2c(c1)CCCC2. The van der Waals surface area contributed by atoms with Crippen molar-refractivity contribution in [1.29, 1.82) is 0 Å². The molecule has 0 saturated heterocycles. The second kappa shape index (κ2) is 5.97. The van der Waals surface area contributed by atoms with Crippen molar-refractivity contribution in [3.63, 3.8) is 0 Å². The predicted octanol–water partition coefficient (Wildman–Crippen LogP) is 2.75. The number of hydrogen-bond acceptors (Lipinski definition) is 2. The first kappa shape index (κ1) is 12.3. The van der Waals surface area contributed by atoms with Crippen LogP contribution in [0.2, 0.25) is 0 Å². The molecule has 1 aromatic carbocycles. The molecule has 0 heterocycles. The van der Waals surface area contributed by atoms with Gasteiger partial charge in [-0.25, -0.2) is 0 Å². The van der Waals surface area contributed by atoms with E-state index in [1.807, 2.05) is 6.07 Å². The van der Waals surface area contributed by atoms with Crippen molar-refractivity contribution >= 4 is 5.78 Å². The fraction of sp³-hybridized carbons (Fsp3) is 0.533. The Morgan fingerprint density at radius 3 is 2.76 bits per heavy atom. The molecule has 0 saturated carbocycles. The molecule has 2 heteroatoms. The second-order valence-electron chi connectivity index (χ2n) is 4.79. The van der Waals surface area contributed by atoms with Gasteiger partial charge in [0.05, 0.1) is 6.54 Å². The number of aryl methyl sites for hydroxylation is 2. The molecule has 0 aromatic heterocycles. The van der Waals surface area contributed by atoms with Gasteiger partial charge in [-0.15, -0.1) is 0 Å². The van der Waals surface area contributed by atoms with Crippen LogP contribution in [-0.2, 0) is 12.8 Å². The van der Waals surface area contributed by atoms with Crippen LogP contribution < -0.4 is 5.32 Å². The van der Waals surface area contributed by atoms with Gasteiger partial charge in [0.1, 0.15) is 0 Å². The van der Waals surface area contributed by atoms with Crippen LogP contribution in [0.15, 0.2) is 18.2 Å². The summed E-state index contributed by atoms with van der Waals surface area (Å²) in [6.45, 7) is 3.49. The van der Waals surface area contributed by atoms with E-state index in [2.05, 4.69) is 24.4 Å². The van der Waals surface area contributed by atoms with E-state index in [1.165, 1.54) is 30.4 Å². The van der Waals surface area contributed by atoms with Gasteiger partial charge in [0, 0.05) is 5.56 Å². The first-order valence-electron chi connectivity index (χ1n) is 6.67. The molecule has 0 aliphatic heterocycles. The molecule has 0 spiro atoms. The Labute approximate surface area is 103 Å². The zero-order chi connectivity index (χ0) is 12.1. The molecule has 0 unspecified atom stereocenters. The van der Waals surface area contributed by atoms with Crippen LogP contribution in [-0.4, -0.2) is 18.9 Å². The monoisotopic (exact) mass is 231 g/mol. The molecule has 2 rings (SSSR count). The van der Waals surface area contributed by atoms with Gasteiger partial charge in [-0.1, -0.05) is 19.1 Å². The van der Waals surface area contributed by atoms with Crippen LogP contribution in [0.25, 0.3) is 0 Å². The molecule has 0 atom stereocenters. The summed E-state index contributed by atoms with van der Waals surface area (Å²) in [6.07, 6.45) is 5.94. The third-order valence-corrected chi connectivity index (χ3v) is 3.38. The highest BCUT2D eigenvalue weighted by Gasteiger charge is 2.12. The van der Waals surface area contributed by atoms with Gasteiger partial charge in [0.25, 0.3) is 0 Å². The molecule has 0 amide bonds. The van der Waals surface area contributed by atoms with Crippen molar-refractivity contribution in [2.75, 3.05) is 13.1 Å². The van der Waals surface area contributed by atoms with E-state index in [1.54, 1.807) is 0 Å². The lowest BCUT2D eigenvalue weighted by Crippen LogP contribution is -2.23. The van der Waals surface area contributed by atoms with Crippen molar-refractivity contribution < 1.29 is 4.79 Å². The third kappa shape index (κ3) is 3.16. The summed E-state index contributed by atoms with van der Waals surface area (Å²) in [4.78, 5) is 11.9. The topological polar surface area (TPSA) is 29.1 Å². The Morgan fingerprint density at radius 2 is 2.00 bits per heavy atom. The van der Waals surface area contributed by atoms with Gasteiger partial charge < -0.3 is 5.32 Å². The molecule has 17 heavy (non-hydrogen) atoms. The Hall–Kier alpha value is -1.15. The van der Waals surface area contributed by atoms with E-state index >= 15 is 0 Å². The van der Waals surface area contributed by atoms with Crippen molar-refractivity contribution in [2.45, 2.75) is 39.0 Å². The highest BCUT2D eigenvalue weighted by atomic mass is 16.1. The number of rotatable bonds is 5. The van der Waals surface area contributed by atoms with Crippen molar-refractivity contribution in [1.82, 2.24) is 5.32 Å². The molecular weight excluding hydrogens is 210 g/mol. The summed E-state index contributed by atoms with van der Waals surface area (Å²) in [5.41, 5.74) is 3.70. The van der Waals surface area contributed by atoms with Gasteiger partial charge in [0.2, 0.25) is 0 Å². The molecule has 1 aliphatic rings. The molecule has 1 aromatic rings. The van der Waals surface area contributed by atoms with Crippen molar-refractivity contribution in [2.24, 2.45) is 0 Å². The molecule has 1 N–H and O–H groups in total. The van der Waals surface area contributed by atoms with Gasteiger partial charge in [0.15, 0.2) is 5.78 Å². The second-order valence-corrected chi connectivity index (χ2v) is 4.79. The smallest absolute Gasteiger partial charge is 0.176 e. The first-order valence-corrected chi connectivity index (χ1v) is 6.67. The van der Waals surface area contributed by atoms with E-state index < -0.39 is 0 Å². The Kier molecular flexibility index (Phi) is 4.32. The summed E-state index contributed by atoms with van der Waals surface area (Å²) in [5.74, 6) is 0.215. The van der Waals surface area contributed by atoms with Crippen LogP contribution in [0, 0.1) is 0 Å². The number of nitrogens with one attached hydrogen (secondary N) is 1. The zero-order valence-electron chi connectivity index (χ0n) is 10.6. The molecule has 92 valence electrons. The number of Topliss-reactive ketones (excluding diaryl/α,β-unsaturated/α-hetero) is 1. The molecule has 1 aliphatic carbocycles. The van der Waals surface area contributed by atoms with E-state index in [0.29, 0.717) is 6.54 Å². The average Bonchev–Trinajstić information content (AvgIpc) is 2.38. The number of hydrogen-bond donors (Lipinski definition) is 1. The summed E-state index contributed by atoms with van der Waals surface area (Å²) in [7, 11) is 0. The normalized spacial score (nSPS) is 14.4. The first-order chi connectivity index (χ1) is 8.31. The van der Waals surface area contributed by atoms with E-state index in [-0.39, 0.29) is 5.78 Å².